The Morgan fingerprint density at radius 2 is 2.00 bits per heavy atom. The van der Waals surface area contributed by atoms with Crippen LogP contribution in [0.15, 0.2) is 24.5 Å². The van der Waals surface area contributed by atoms with Gasteiger partial charge in [0.25, 0.3) is 5.91 Å². The van der Waals surface area contributed by atoms with Gasteiger partial charge in [-0.15, -0.1) is 16.4 Å². The SMILES string of the molecule is CCN(CC)C(=O)c1sc(NC(=S)Nc2ncn(Cc3ccc(F)cc3Cl)n2)c(C(=O)OC)c1C. The highest BCUT2D eigenvalue weighted by Gasteiger charge is 2.27. The molecule has 0 spiro atoms. The third-order valence-corrected chi connectivity index (χ3v) is 6.87. The van der Waals surface area contributed by atoms with E-state index in [4.69, 9.17) is 28.6 Å². The van der Waals surface area contributed by atoms with Crippen LogP contribution in [-0.4, -0.2) is 56.9 Å². The third kappa shape index (κ3) is 6.13. The Bertz CT molecular complexity index is 1260. The number of carbonyl (C=O) groups is 2. The number of carbonyl (C=O) groups excluding carboxylic acids is 2. The number of thiocarbonyl (C=S) groups is 1. The van der Waals surface area contributed by atoms with E-state index in [2.05, 4.69) is 20.7 Å². The molecule has 13 heteroatoms. The summed E-state index contributed by atoms with van der Waals surface area (Å²) in [5, 5.41) is 10.9. The van der Waals surface area contributed by atoms with Gasteiger partial charge in [-0.25, -0.2) is 18.9 Å². The second kappa shape index (κ2) is 11.6. The molecule has 0 aliphatic heterocycles. The molecule has 3 aromatic rings. The Hall–Kier alpha value is -3.09. The first-order valence-corrected chi connectivity index (χ1v) is 12.2. The van der Waals surface area contributed by atoms with Gasteiger partial charge in [-0.05, 0) is 56.2 Å². The van der Waals surface area contributed by atoms with E-state index in [-0.39, 0.29) is 34.1 Å². The maximum absolute atomic E-state index is 13.3. The minimum atomic E-state index is -0.582. The van der Waals surface area contributed by atoms with Crippen molar-refractivity contribution >= 4 is 63.1 Å². The van der Waals surface area contributed by atoms with Crippen LogP contribution in [0, 0.1) is 12.7 Å². The first-order chi connectivity index (χ1) is 16.7. The lowest BCUT2D eigenvalue weighted by molar-refractivity contribution is 0.0601. The smallest absolute Gasteiger partial charge is 0.341 e. The van der Waals surface area contributed by atoms with Gasteiger partial charge in [-0.1, -0.05) is 17.7 Å². The van der Waals surface area contributed by atoms with Crippen molar-refractivity contribution in [2.45, 2.75) is 27.3 Å². The van der Waals surface area contributed by atoms with Crippen molar-refractivity contribution in [3.63, 3.8) is 0 Å². The number of ether oxygens (including phenoxy) is 1. The van der Waals surface area contributed by atoms with Crippen molar-refractivity contribution < 1.29 is 18.7 Å². The van der Waals surface area contributed by atoms with Crippen LogP contribution in [0.25, 0.3) is 0 Å². The predicted molar refractivity (Wildman–Crippen MR) is 138 cm³/mol. The molecule has 9 nitrogen and oxygen atoms in total. The number of hydrogen-bond acceptors (Lipinski definition) is 7. The summed E-state index contributed by atoms with van der Waals surface area (Å²) in [7, 11) is 1.27. The van der Waals surface area contributed by atoms with Gasteiger partial charge in [0.1, 0.15) is 17.1 Å². The van der Waals surface area contributed by atoms with Crippen LogP contribution in [-0.2, 0) is 11.3 Å². The summed E-state index contributed by atoms with van der Waals surface area (Å²) in [5.41, 5.74) is 1.43. The first-order valence-electron chi connectivity index (χ1n) is 10.6. The monoisotopic (exact) mass is 538 g/mol. The van der Waals surface area contributed by atoms with Crippen LogP contribution in [0.2, 0.25) is 5.02 Å². The number of benzene rings is 1. The number of hydrogen-bond donors (Lipinski definition) is 2. The fraction of sp³-hybridized carbons (Fsp3) is 0.318. The Morgan fingerprint density at radius 1 is 1.29 bits per heavy atom. The van der Waals surface area contributed by atoms with Gasteiger partial charge < -0.3 is 15.0 Å². The molecule has 0 saturated carbocycles. The van der Waals surface area contributed by atoms with Crippen LogP contribution in [0.5, 0.6) is 0 Å². The molecular formula is C22H24ClFN6O3S2. The molecule has 1 aromatic carbocycles. The third-order valence-electron chi connectivity index (χ3n) is 5.12. The molecule has 2 N–H and O–H groups in total. The van der Waals surface area contributed by atoms with E-state index in [0.29, 0.717) is 34.1 Å². The Balaban J connectivity index is 1.77. The fourth-order valence-electron chi connectivity index (χ4n) is 3.30. The largest absolute Gasteiger partial charge is 0.465 e. The quantitative estimate of drug-likeness (QED) is 0.318. The summed E-state index contributed by atoms with van der Waals surface area (Å²) < 4.78 is 19.7. The highest BCUT2D eigenvalue weighted by molar-refractivity contribution is 7.80. The van der Waals surface area contributed by atoms with Gasteiger partial charge in [0, 0.05) is 18.1 Å². The topological polar surface area (TPSA) is 101 Å². The normalized spacial score (nSPS) is 10.7. The van der Waals surface area contributed by atoms with Crippen LogP contribution in [0.3, 0.4) is 0 Å². The minimum Gasteiger partial charge on any atom is -0.465 e. The number of thiophene rings is 1. The number of nitrogens with one attached hydrogen (secondary N) is 2. The number of aromatic nitrogens is 3. The van der Waals surface area contributed by atoms with Crippen LogP contribution in [0.4, 0.5) is 15.3 Å². The standard InChI is InChI=1S/C22H24ClFN6O3S2/c1-5-29(6-2)19(31)17-12(3)16(20(32)33-4)18(35-17)26-22(34)27-21-25-11-30(28-21)10-13-7-8-14(24)9-15(13)23/h7-9,11H,5-6,10H2,1-4H3,(H2,26,27,28,34). The number of amides is 1. The Kier molecular flexibility index (Phi) is 8.76. The number of nitrogens with zero attached hydrogens (tertiary/aromatic N) is 4. The van der Waals surface area contributed by atoms with E-state index in [0.717, 1.165) is 11.3 Å². The second-order valence-corrected chi connectivity index (χ2v) is 9.15. The van der Waals surface area contributed by atoms with Gasteiger partial charge in [0.2, 0.25) is 5.95 Å². The molecule has 0 unspecified atom stereocenters. The minimum absolute atomic E-state index is 0.121. The van der Waals surface area contributed by atoms with E-state index < -0.39 is 11.8 Å². The molecule has 0 aliphatic rings. The molecule has 0 bridgehead atoms. The lowest BCUT2D eigenvalue weighted by Gasteiger charge is -2.17. The summed E-state index contributed by atoms with van der Waals surface area (Å²) >= 11 is 12.6. The maximum Gasteiger partial charge on any atom is 0.341 e. The molecule has 2 aromatic heterocycles. The van der Waals surface area contributed by atoms with Crippen molar-refractivity contribution in [3.05, 3.63) is 56.9 Å². The number of anilines is 2. The van der Waals surface area contributed by atoms with Crippen molar-refractivity contribution in [2.24, 2.45) is 0 Å². The molecule has 0 saturated heterocycles. The summed E-state index contributed by atoms with van der Waals surface area (Å²) in [5.74, 6) is -0.975. The average molecular weight is 539 g/mol. The van der Waals surface area contributed by atoms with Gasteiger partial charge >= 0.3 is 5.97 Å². The van der Waals surface area contributed by atoms with E-state index in [1.807, 2.05) is 13.8 Å². The van der Waals surface area contributed by atoms with E-state index >= 15 is 0 Å². The second-order valence-electron chi connectivity index (χ2n) is 7.31. The molecular weight excluding hydrogens is 515 g/mol. The molecule has 0 atom stereocenters. The number of methoxy groups -OCH3 is 1. The van der Waals surface area contributed by atoms with Crippen molar-refractivity contribution in [1.29, 1.82) is 0 Å². The number of esters is 1. The van der Waals surface area contributed by atoms with Gasteiger partial charge in [-0.3, -0.25) is 10.1 Å². The summed E-state index contributed by atoms with van der Waals surface area (Å²) in [4.78, 5) is 31.6. The Labute approximate surface area is 216 Å². The summed E-state index contributed by atoms with van der Waals surface area (Å²) in [6, 6.07) is 4.12. The fourth-order valence-corrected chi connectivity index (χ4v) is 4.95. The lowest BCUT2D eigenvalue weighted by Crippen LogP contribution is -2.30. The molecule has 35 heavy (non-hydrogen) atoms. The van der Waals surface area contributed by atoms with Crippen molar-refractivity contribution in [3.8, 4) is 0 Å². The maximum atomic E-state index is 13.3. The number of halogens is 2. The van der Waals surface area contributed by atoms with Gasteiger partial charge in [-0.2, -0.15) is 0 Å². The van der Waals surface area contributed by atoms with Crippen molar-refractivity contribution in [1.82, 2.24) is 19.7 Å². The molecule has 0 radical (unpaired) electrons. The Morgan fingerprint density at radius 3 is 2.63 bits per heavy atom. The van der Waals surface area contributed by atoms with E-state index in [1.54, 1.807) is 17.9 Å². The molecule has 0 fully saturated rings. The predicted octanol–water partition coefficient (Wildman–Crippen LogP) is 4.57. The molecule has 0 aliphatic carbocycles. The zero-order valence-corrected chi connectivity index (χ0v) is 21.9. The molecule has 2 heterocycles. The first kappa shape index (κ1) is 26.5. The van der Waals surface area contributed by atoms with Crippen LogP contribution in [0.1, 0.15) is 45.0 Å². The van der Waals surface area contributed by atoms with Crippen molar-refractivity contribution in [2.75, 3.05) is 30.8 Å². The van der Waals surface area contributed by atoms with Gasteiger partial charge in [0.05, 0.1) is 24.1 Å². The lowest BCUT2D eigenvalue weighted by atomic mass is 10.1. The molecule has 186 valence electrons. The summed E-state index contributed by atoms with van der Waals surface area (Å²) in [6.45, 7) is 6.84. The van der Waals surface area contributed by atoms with Gasteiger partial charge in [0.15, 0.2) is 5.11 Å². The molecule has 3 rings (SSSR count). The van der Waals surface area contributed by atoms with Crippen LogP contribution >= 0.6 is 35.2 Å². The van der Waals surface area contributed by atoms with E-state index in [9.17, 15) is 14.0 Å². The highest BCUT2D eigenvalue weighted by atomic mass is 35.5. The molecule has 1 amide bonds. The highest BCUT2D eigenvalue weighted by Crippen LogP contribution is 2.34. The summed E-state index contributed by atoms with van der Waals surface area (Å²) in [6.07, 6.45) is 1.47. The van der Waals surface area contributed by atoms with Crippen LogP contribution < -0.4 is 10.6 Å². The number of rotatable bonds is 8. The van der Waals surface area contributed by atoms with E-state index in [1.165, 1.54) is 30.3 Å². The zero-order chi connectivity index (χ0) is 25.7. The zero-order valence-electron chi connectivity index (χ0n) is 19.5. The average Bonchev–Trinajstić information content (AvgIpc) is 3.39.